The summed E-state index contributed by atoms with van der Waals surface area (Å²) < 4.78 is 18.0. The third-order valence-electron chi connectivity index (χ3n) is 7.75. The number of hydrogen-bond donors (Lipinski definition) is 1. The van der Waals surface area contributed by atoms with E-state index in [1.807, 2.05) is 26.0 Å². The molecule has 0 spiro atoms. The van der Waals surface area contributed by atoms with Crippen LogP contribution in [0, 0.1) is 0 Å². The smallest absolute Gasteiger partial charge is 0.336 e. The number of carbonyl (C=O) groups is 1. The molecule has 1 saturated heterocycles. The van der Waals surface area contributed by atoms with Crippen molar-refractivity contribution >= 4 is 17.0 Å². The fourth-order valence-electron chi connectivity index (χ4n) is 5.44. The van der Waals surface area contributed by atoms with Gasteiger partial charge in [0.1, 0.15) is 29.4 Å². The topological polar surface area (TPSA) is 121 Å². The number of nitrogens with zero attached hydrogens (tertiary/aromatic N) is 3. The third kappa shape index (κ3) is 5.04. The maximum atomic E-state index is 11.6. The summed E-state index contributed by atoms with van der Waals surface area (Å²) in [5.74, 6) is 1.56. The Bertz CT molecular complexity index is 1590. The second kappa shape index (κ2) is 9.72. The molecule has 0 saturated carbocycles. The Morgan fingerprint density at radius 3 is 2.56 bits per heavy atom. The molecule has 9 heteroatoms. The van der Waals surface area contributed by atoms with Crippen molar-refractivity contribution in [3.05, 3.63) is 82.5 Å². The van der Waals surface area contributed by atoms with Gasteiger partial charge in [0.25, 0.3) is 0 Å². The predicted octanol–water partition coefficient (Wildman–Crippen LogP) is 4.67. The van der Waals surface area contributed by atoms with Crippen molar-refractivity contribution in [1.82, 2.24) is 14.9 Å². The molecule has 2 aliphatic rings. The van der Waals surface area contributed by atoms with Gasteiger partial charge in [0.2, 0.25) is 5.88 Å². The summed E-state index contributed by atoms with van der Waals surface area (Å²) in [4.78, 5) is 33.6. The van der Waals surface area contributed by atoms with E-state index in [-0.39, 0.29) is 12.1 Å². The molecule has 0 aliphatic carbocycles. The Morgan fingerprint density at radius 1 is 1.05 bits per heavy atom. The highest BCUT2D eigenvalue weighted by Gasteiger charge is 2.39. The highest BCUT2D eigenvalue weighted by molar-refractivity contribution is 5.79. The molecule has 0 radical (unpaired) electrons. The zero-order valence-corrected chi connectivity index (χ0v) is 21.9. The second-order valence-corrected chi connectivity index (χ2v) is 10.7. The van der Waals surface area contributed by atoms with E-state index < -0.39 is 11.2 Å². The number of hydrogen-bond acceptors (Lipinski definition) is 7. The van der Waals surface area contributed by atoms with Gasteiger partial charge in [0, 0.05) is 48.7 Å². The Hall–Kier alpha value is -4.40. The lowest BCUT2D eigenvalue weighted by Crippen LogP contribution is -2.49. The number of amides is 2. The van der Waals surface area contributed by atoms with E-state index in [1.54, 1.807) is 17.0 Å². The normalized spacial score (nSPS) is 18.8. The minimum absolute atomic E-state index is 0.297. The van der Waals surface area contributed by atoms with Gasteiger partial charge in [-0.25, -0.2) is 19.6 Å². The first-order valence-corrected chi connectivity index (χ1v) is 13.1. The molecule has 2 aromatic heterocycles. The summed E-state index contributed by atoms with van der Waals surface area (Å²) in [5, 5.41) is 0.835. The Kier molecular flexibility index (Phi) is 6.21. The molecular formula is C30H30N4O5. The van der Waals surface area contributed by atoms with E-state index in [1.165, 1.54) is 18.0 Å². The summed E-state index contributed by atoms with van der Waals surface area (Å²) in [5.41, 5.74) is 8.84. The average molecular weight is 527 g/mol. The lowest BCUT2D eigenvalue weighted by Gasteiger charge is -2.39. The minimum atomic E-state index is -0.646. The van der Waals surface area contributed by atoms with Gasteiger partial charge in [-0.05, 0) is 55.9 Å². The molecule has 2 amide bonds. The molecule has 1 atom stereocenters. The number of ether oxygens (including phenoxy) is 2. The second-order valence-electron chi connectivity index (χ2n) is 10.7. The van der Waals surface area contributed by atoms with Crippen LogP contribution in [0.5, 0.6) is 11.6 Å². The monoisotopic (exact) mass is 526 g/mol. The van der Waals surface area contributed by atoms with Gasteiger partial charge in [-0.15, -0.1) is 0 Å². The van der Waals surface area contributed by atoms with E-state index in [2.05, 4.69) is 34.2 Å². The molecule has 39 heavy (non-hydrogen) atoms. The molecule has 200 valence electrons. The van der Waals surface area contributed by atoms with Crippen LogP contribution in [0.15, 0.2) is 70.1 Å². The van der Waals surface area contributed by atoms with E-state index >= 15 is 0 Å². The van der Waals surface area contributed by atoms with Crippen LogP contribution in [0.3, 0.4) is 0 Å². The predicted molar refractivity (Wildman–Crippen MR) is 146 cm³/mol. The minimum Gasteiger partial charge on any atom is -0.484 e. The van der Waals surface area contributed by atoms with Gasteiger partial charge in [0.15, 0.2) is 0 Å². The van der Waals surface area contributed by atoms with E-state index in [4.69, 9.17) is 19.6 Å². The molecule has 2 aliphatic heterocycles. The molecule has 9 nitrogen and oxygen atoms in total. The van der Waals surface area contributed by atoms with Crippen LogP contribution in [-0.4, -0.2) is 45.7 Å². The van der Waals surface area contributed by atoms with E-state index in [0.717, 1.165) is 35.0 Å². The van der Waals surface area contributed by atoms with Gasteiger partial charge < -0.3 is 24.5 Å². The third-order valence-corrected chi connectivity index (χ3v) is 7.75. The number of rotatable bonds is 4. The number of nitrogens with two attached hydrogens (primary N) is 1. The number of urea groups is 1. The number of fused-ring (bicyclic) bond motifs is 2. The van der Waals surface area contributed by atoms with Gasteiger partial charge in [-0.2, -0.15) is 0 Å². The van der Waals surface area contributed by atoms with Crippen molar-refractivity contribution < 1.29 is 18.7 Å². The number of carbonyl (C=O) groups excluding carboxylic acids is 1. The molecule has 4 heterocycles. The first kappa shape index (κ1) is 24.9. The Balaban J connectivity index is 1.18. The van der Waals surface area contributed by atoms with Crippen molar-refractivity contribution in [2.75, 3.05) is 13.1 Å². The zero-order chi connectivity index (χ0) is 27.1. The lowest BCUT2D eigenvalue weighted by molar-refractivity contribution is -0.0287. The summed E-state index contributed by atoms with van der Waals surface area (Å²) >= 11 is 0. The van der Waals surface area contributed by atoms with Crippen molar-refractivity contribution in [3.63, 3.8) is 0 Å². The summed E-state index contributed by atoms with van der Waals surface area (Å²) in [6.45, 7) is 5.32. The number of aromatic nitrogens is 2. The van der Waals surface area contributed by atoms with Crippen LogP contribution in [0.1, 0.15) is 43.7 Å². The maximum absolute atomic E-state index is 11.6. The highest BCUT2D eigenvalue weighted by atomic mass is 16.6. The molecule has 6 rings (SSSR count). The van der Waals surface area contributed by atoms with Crippen LogP contribution in [-0.2, 0) is 6.42 Å². The number of likely N-dealkylation sites (tertiary alicyclic amines) is 1. The Labute approximate surface area is 225 Å². The first-order chi connectivity index (χ1) is 18.7. The van der Waals surface area contributed by atoms with Gasteiger partial charge in [-0.1, -0.05) is 24.3 Å². The SMILES string of the molecule is CC1(C)Oc2cc3oc(=O)ccc3cc2C[C@@H]1Oc1cc(-c2ccc(C3CCN(C(N)=O)CC3)cc2)ncn1. The summed E-state index contributed by atoms with van der Waals surface area (Å²) in [6.07, 6.45) is 3.63. The van der Waals surface area contributed by atoms with Crippen LogP contribution >= 0.6 is 0 Å². The Morgan fingerprint density at radius 2 is 1.82 bits per heavy atom. The molecule has 2 aromatic carbocycles. The number of primary amides is 1. The maximum Gasteiger partial charge on any atom is 0.336 e. The summed E-state index contributed by atoms with van der Waals surface area (Å²) in [7, 11) is 0. The van der Waals surface area contributed by atoms with Crippen molar-refractivity contribution in [1.29, 1.82) is 0 Å². The fraction of sp³-hybridized carbons (Fsp3) is 0.333. The van der Waals surface area contributed by atoms with Crippen LogP contribution in [0.4, 0.5) is 4.79 Å². The van der Waals surface area contributed by atoms with Crippen LogP contribution in [0.25, 0.3) is 22.2 Å². The molecule has 1 fully saturated rings. The van der Waals surface area contributed by atoms with E-state index in [0.29, 0.717) is 42.6 Å². The van der Waals surface area contributed by atoms with E-state index in [9.17, 15) is 9.59 Å². The lowest BCUT2D eigenvalue weighted by atomic mass is 9.89. The zero-order valence-electron chi connectivity index (χ0n) is 21.9. The summed E-state index contributed by atoms with van der Waals surface area (Å²) in [6, 6.07) is 16.8. The first-order valence-electron chi connectivity index (χ1n) is 13.1. The van der Waals surface area contributed by atoms with Crippen LogP contribution < -0.4 is 20.8 Å². The van der Waals surface area contributed by atoms with Gasteiger partial charge in [-0.3, -0.25) is 0 Å². The molecule has 2 N–H and O–H groups in total. The molecular weight excluding hydrogens is 496 g/mol. The molecule has 0 bridgehead atoms. The fourth-order valence-corrected chi connectivity index (χ4v) is 5.44. The van der Waals surface area contributed by atoms with Crippen LogP contribution in [0.2, 0.25) is 0 Å². The largest absolute Gasteiger partial charge is 0.484 e. The van der Waals surface area contributed by atoms with Crippen molar-refractivity contribution in [2.45, 2.75) is 50.7 Å². The standard InChI is InChI=1S/C30H30N4O5/c1-30(2)26(14-22-13-21-7-8-28(35)37-24(21)16-25(22)39-30)38-27-15-23(32-17-33-27)20-5-3-18(4-6-20)19-9-11-34(12-10-19)29(31)36/h3-8,13,15-17,19,26H,9-12,14H2,1-2H3,(H2,31,36)/t26-/m0/s1. The molecule has 4 aromatic rings. The number of piperidine rings is 1. The molecule has 0 unspecified atom stereocenters. The number of benzene rings is 2. The van der Waals surface area contributed by atoms with Gasteiger partial charge in [0.05, 0.1) is 5.69 Å². The van der Waals surface area contributed by atoms with Crippen molar-refractivity contribution in [3.8, 4) is 22.9 Å². The van der Waals surface area contributed by atoms with Crippen molar-refractivity contribution in [2.24, 2.45) is 5.73 Å². The van der Waals surface area contributed by atoms with Gasteiger partial charge >= 0.3 is 11.7 Å². The quantitative estimate of drug-likeness (QED) is 0.384. The average Bonchev–Trinajstić information content (AvgIpc) is 2.93. The highest BCUT2D eigenvalue weighted by Crippen LogP contribution is 2.38.